The van der Waals surface area contributed by atoms with Gasteiger partial charge >= 0.3 is 0 Å². The number of nitriles is 1. The van der Waals surface area contributed by atoms with E-state index in [1.54, 1.807) is 0 Å². The lowest BCUT2D eigenvalue weighted by Gasteiger charge is -2.21. The fourth-order valence-electron chi connectivity index (χ4n) is 3.41. The minimum Gasteiger partial charge on any atom is -0.356 e. The van der Waals surface area contributed by atoms with Crippen molar-refractivity contribution in [1.29, 1.82) is 5.26 Å². The van der Waals surface area contributed by atoms with Crippen LogP contribution in [0.1, 0.15) is 24.1 Å². The normalized spacial score (nSPS) is 21.5. The quantitative estimate of drug-likeness (QED) is 0.883. The molecule has 1 aliphatic rings. The van der Waals surface area contributed by atoms with Crippen molar-refractivity contribution in [2.75, 3.05) is 6.54 Å². The molecule has 23 heavy (non-hydrogen) atoms. The maximum atomic E-state index is 11.7. The predicted octanol–water partition coefficient (Wildman–Crippen LogP) is 2.16. The maximum absolute atomic E-state index is 11.7. The SMILES string of the molecule is Cc1cccc2c1cc(C#N)n2CC1CCNC(=O)CC1C=O. The monoisotopic (exact) mass is 309 g/mol. The van der Waals surface area contributed by atoms with Crippen molar-refractivity contribution in [3.05, 3.63) is 35.5 Å². The third-order valence-corrected chi connectivity index (χ3v) is 4.73. The molecule has 1 aromatic heterocycles. The number of aldehydes is 1. The van der Waals surface area contributed by atoms with Gasteiger partial charge in [0.1, 0.15) is 18.0 Å². The van der Waals surface area contributed by atoms with E-state index in [0.29, 0.717) is 18.8 Å². The van der Waals surface area contributed by atoms with E-state index in [9.17, 15) is 14.9 Å². The minimum absolute atomic E-state index is 0.0506. The zero-order valence-corrected chi connectivity index (χ0v) is 13.1. The summed E-state index contributed by atoms with van der Waals surface area (Å²) in [4.78, 5) is 23.1. The number of aryl methyl sites for hydroxylation is 1. The molecular weight excluding hydrogens is 290 g/mol. The Labute approximate surface area is 134 Å². The van der Waals surface area contributed by atoms with Gasteiger partial charge < -0.3 is 14.7 Å². The molecule has 2 heterocycles. The number of aromatic nitrogens is 1. The molecule has 1 N–H and O–H groups in total. The molecule has 5 heteroatoms. The number of fused-ring (bicyclic) bond motifs is 1. The zero-order chi connectivity index (χ0) is 16.4. The molecule has 0 saturated carbocycles. The Morgan fingerprint density at radius 2 is 2.30 bits per heavy atom. The Bertz CT molecular complexity index is 800. The van der Waals surface area contributed by atoms with Gasteiger partial charge in [-0.05, 0) is 37.0 Å². The van der Waals surface area contributed by atoms with Gasteiger partial charge in [0.25, 0.3) is 0 Å². The standard InChI is InChI=1S/C18H19N3O2/c1-12-3-2-4-17-16(12)8-15(9-19)21(17)10-13-5-6-20-18(23)7-14(13)11-22/h2-4,8,11,13-14H,5-7,10H2,1H3,(H,20,23). The van der Waals surface area contributed by atoms with Crippen LogP contribution in [0.3, 0.4) is 0 Å². The number of carbonyl (C=O) groups excluding carboxylic acids is 2. The molecule has 1 saturated heterocycles. The topological polar surface area (TPSA) is 74.9 Å². The third kappa shape index (κ3) is 2.85. The van der Waals surface area contributed by atoms with Crippen molar-refractivity contribution < 1.29 is 9.59 Å². The molecule has 3 rings (SSSR count). The third-order valence-electron chi connectivity index (χ3n) is 4.73. The molecule has 0 spiro atoms. The maximum Gasteiger partial charge on any atom is 0.220 e. The Kier molecular flexibility index (Phi) is 4.16. The number of hydrogen-bond acceptors (Lipinski definition) is 3. The molecule has 0 aliphatic carbocycles. The van der Waals surface area contributed by atoms with Crippen LogP contribution in [0.2, 0.25) is 0 Å². The van der Waals surface area contributed by atoms with Crippen molar-refractivity contribution in [3.8, 4) is 6.07 Å². The van der Waals surface area contributed by atoms with Gasteiger partial charge in [-0.25, -0.2) is 0 Å². The summed E-state index contributed by atoms with van der Waals surface area (Å²) < 4.78 is 1.99. The average molecular weight is 309 g/mol. The van der Waals surface area contributed by atoms with Crippen molar-refractivity contribution in [2.45, 2.75) is 26.3 Å². The van der Waals surface area contributed by atoms with Gasteiger partial charge in [0.2, 0.25) is 5.91 Å². The van der Waals surface area contributed by atoms with Gasteiger partial charge in [0, 0.05) is 36.3 Å². The van der Waals surface area contributed by atoms with Crippen LogP contribution in [0, 0.1) is 30.1 Å². The van der Waals surface area contributed by atoms with E-state index >= 15 is 0 Å². The number of carbonyl (C=O) groups is 2. The van der Waals surface area contributed by atoms with Crippen LogP contribution in [-0.2, 0) is 16.1 Å². The van der Waals surface area contributed by atoms with Crippen molar-refractivity contribution in [1.82, 2.24) is 9.88 Å². The summed E-state index contributed by atoms with van der Waals surface area (Å²) in [6.45, 7) is 3.18. The molecule has 118 valence electrons. The van der Waals surface area contributed by atoms with Gasteiger partial charge in [-0.15, -0.1) is 0 Å². The molecule has 0 radical (unpaired) electrons. The summed E-state index contributed by atoms with van der Waals surface area (Å²) in [5.74, 6) is -0.320. The molecule has 5 nitrogen and oxygen atoms in total. The molecule has 1 aliphatic heterocycles. The van der Waals surface area contributed by atoms with Gasteiger partial charge in [0.05, 0.1) is 0 Å². The molecule has 2 aromatic rings. The predicted molar refractivity (Wildman–Crippen MR) is 86.7 cm³/mol. The van der Waals surface area contributed by atoms with Crippen molar-refractivity contribution >= 4 is 23.1 Å². The van der Waals surface area contributed by atoms with E-state index in [1.807, 2.05) is 35.8 Å². The van der Waals surface area contributed by atoms with Gasteiger partial charge in [-0.3, -0.25) is 4.79 Å². The van der Waals surface area contributed by atoms with Crippen LogP contribution in [0.15, 0.2) is 24.3 Å². The first-order chi connectivity index (χ1) is 11.1. The molecular formula is C18H19N3O2. The fourth-order valence-corrected chi connectivity index (χ4v) is 3.41. The van der Waals surface area contributed by atoms with Gasteiger partial charge in [-0.1, -0.05) is 12.1 Å². The van der Waals surface area contributed by atoms with Gasteiger partial charge in [0.15, 0.2) is 0 Å². The summed E-state index contributed by atoms with van der Waals surface area (Å²) >= 11 is 0. The Hall–Kier alpha value is -2.61. The Morgan fingerprint density at radius 1 is 1.48 bits per heavy atom. The van der Waals surface area contributed by atoms with E-state index in [1.165, 1.54) is 0 Å². The average Bonchev–Trinajstić information content (AvgIpc) is 2.80. The van der Waals surface area contributed by atoms with Crippen LogP contribution in [0.5, 0.6) is 0 Å². The van der Waals surface area contributed by atoms with Crippen LogP contribution >= 0.6 is 0 Å². The second-order valence-electron chi connectivity index (χ2n) is 6.16. The Balaban J connectivity index is 2.00. The summed E-state index contributed by atoms with van der Waals surface area (Å²) in [7, 11) is 0. The number of nitrogens with zero attached hydrogens (tertiary/aromatic N) is 2. The first-order valence-corrected chi connectivity index (χ1v) is 7.85. The summed E-state index contributed by atoms with van der Waals surface area (Å²) in [5, 5.41) is 13.3. The Morgan fingerprint density at radius 3 is 3.04 bits per heavy atom. The highest BCUT2D eigenvalue weighted by Gasteiger charge is 2.28. The molecule has 2 unspecified atom stereocenters. The van der Waals surface area contributed by atoms with E-state index in [-0.39, 0.29) is 24.2 Å². The summed E-state index contributed by atoms with van der Waals surface area (Å²) in [6, 6.07) is 10.2. The van der Waals surface area contributed by atoms with Crippen LogP contribution in [0.25, 0.3) is 10.9 Å². The van der Waals surface area contributed by atoms with E-state index in [0.717, 1.165) is 29.2 Å². The smallest absolute Gasteiger partial charge is 0.220 e. The lowest BCUT2D eigenvalue weighted by molar-refractivity contribution is -0.124. The molecule has 1 aromatic carbocycles. The van der Waals surface area contributed by atoms with Crippen LogP contribution in [0.4, 0.5) is 0 Å². The number of hydrogen-bond donors (Lipinski definition) is 1. The van der Waals surface area contributed by atoms with Crippen LogP contribution in [-0.4, -0.2) is 23.3 Å². The highest BCUT2D eigenvalue weighted by atomic mass is 16.1. The zero-order valence-electron chi connectivity index (χ0n) is 13.1. The lowest BCUT2D eigenvalue weighted by Crippen LogP contribution is -2.23. The molecule has 2 atom stereocenters. The van der Waals surface area contributed by atoms with E-state index in [2.05, 4.69) is 11.4 Å². The lowest BCUT2D eigenvalue weighted by atomic mass is 9.88. The fraction of sp³-hybridized carbons (Fsp3) is 0.389. The first-order valence-electron chi connectivity index (χ1n) is 7.85. The van der Waals surface area contributed by atoms with Crippen LogP contribution < -0.4 is 5.32 Å². The highest BCUT2D eigenvalue weighted by Crippen LogP contribution is 2.28. The largest absolute Gasteiger partial charge is 0.356 e. The number of benzene rings is 1. The van der Waals surface area contributed by atoms with E-state index < -0.39 is 0 Å². The van der Waals surface area contributed by atoms with Crippen molar-refractivity contribution in [3.63, 3.8) is 0 Å². The minimum atomic E-state index is -0.300. The highest BCUT2D eigenvalue weighted by molar-refractivity contribution is 5.85. The summed E-state index contributed by atoms with van der Waals surface area (Å²) in [6.07, 6.45) is 1.86. The van der Waals surface area contributed by atoms with Gasteiger partial charge in [-0.2, -0.15) is 5.26 Å². The number of rotatable bonds is 3. The van der Waals surface area contributed by atoms with Crippen molar-refractivity contribution in [2.24, 2.45) is 11.8 Å². The molecule has 1 fully saturated rings. The number of nitrogens with one attached hydrogen (secondary N) is 1. The second-order valence-corrected chi connectivity index (χ2v) is 6.16. The second kappa shape index (κ2) is 6.25. The number of amides is 1. The van der Waals surface area contributed by atoms with E-state index in [4.69, 9.17) is 0 Å². The first kappa shape index (κ1) is 15.3. The molecule has 1 amide bonds. The molecule has 0 bridgehead atoms. The summed E-state index contributed by atoms with van der Waals surface area (Å²) in [5.41, 5.74) is 2.74.